The van der Waals surface area contributed by atoms with Gasteiger partial charge in [0.1, 0.15) is 5.25 Å². The SMILES string of the molecule is CCCCC(=O)C(C)S(=O)(=O)c1ccccc1. The first-order valence-electron chi connectivity index (χ1n) is 5.81. The van der Waals surface area contributed by atoms with E-state index in [0.717, 1.165) is 12.8 Å². The minimum Gasteiger partial charge on any atom is -0.298 e. The molecule has 3 nitrogen and oxygen atoms in total. The number of rotatable bonds is 6. The standard InChI is InChI=1S/C13H18O3S/c1-3-4-10-13(14)11(2)17(15,16)12-8-6-5-7-9-12/h5-9,11H,3-4,10H2,1-2H3. The third-order valence-electron chi connectivity index (χ3n) is 2.77. The second-order valence-electron chi connectivity index (χ2n) is 4.07. The maximum Gasteiger partial charge on any atom is 0.188 e. The second kappa shape index (κ2) is 5.96. The third-order valence-corrected chi connectivity index (χ3v) is 4.89. The number of unbranched alkanes of at least 4 members (excludes halogenated alkanes) is 1. The van der Waals surface area contributed by atoms with Crippen molar-refractivity contribution in [3.63, 3.8) is 0 Å². The Kier molecular flexibility index (Phi) is 4.87. The molecule has 1 unspecified atom stereocenters. The highest BCUT2D eigenvalue weighted by Gasteiger charge is 2.28. The fraction of sp³-hybridized carbons (Fsp3) is 0.462. The van der Waals surface area contributed by atoms with Gasteiger partial charge in [-0.3, -0.25) is 4.79 Å². The average molecular weight is 254 g/mol. The Bertz CT molecular complexity index is 463. The van der Waals surface area contributed by atoms with Crippen molar-refractivity contribution >= 4 is 15.6 Å². The Morgan fingerprint density at radius 3 is 2.35 bits per heavy atom. The third kappa shape index (κ3) is 3.40. The maximum absolute atomic E-state index is 12.1. The summed E-state index contributed by atoms with van der Waals surface area (Å²) in [6.07, 6.45) is 1.97. The lowest BCUT2D eigenvalue weighted by molar-refractivity contribution is -0.118. The van der Waals surface area contributed by atoms with Crippen LogP contribution < -0.4 is 0 Å². The summed E-state index contributed by atoms with van der Waals surface area (Å²) < 4.78 is 24.2. The van der Waals surface area contributed by atoms with E-state index in [4.69, 9.17) is 0 Å². The summed E-state index contributed by atoms with van der Waals surface area (Å²) in [6.45, 7) is 3.45. The lowest BCUT2D eigenvalue weighted by Gasteiger charge is -2.11. The Morgan fingerprint density at radius 1 is 1.24 bits per heavy atom. The molecule has 1 rings (SSSR count). The molecule has 0 N–H and O–H groups in total. The molecule has 0 aliphatic carbocycles. The molecule has 0 bridgehead atoms. The van der Waals surface area contributed by atoms with Crippen LogP contribution in [0.25, 0.3) is 0 Å². The van der Waals surface area contributed by atoms with E-state index in [9.17, 15) is 13.2 Å². The minimum atomic E-state index is -3.52. The Morgan fingerprint density at radius 2 is 1.82 bits per heavy atom. The van der Waals surface area contributed by atoms with Crippen LogP contribution in [0.1, 0.15) is 33.1 Å². The number of hydrogen-bond donors (Lipinski definition) is 0. The fourth-order valence-corrected chi connectivity index (χ4v) is 2.95. The largest absolute Gasteiger partial charge is 0.298 e. The summed E-state index contributed by atoms with van der Waals surface area (Å²) >= 11 is 0. The van der Waals surface area contributed by atoms with Crippen LogP contribution in [0.4, 0.5) is 0 Å². The summed E-state index contributed by atoms with van der Waals surface area (Å²) in [5.41, 5.74) is 0. The van der Waals surface area contributed by atoms with E-state index in [0.29, 0.717) is 6.42 Å². The first-order valence-corrected chi connectivity index (χ1v) is 7.36. The molecule has 0 heterocycles. The summed E-state index contributed by atoms with van der Waals surface area (Å²) in [5.74, 6) is -0.198. The minimum absolute atomic E-state index is 0.198. The molecule has 4 heteroatoms. The van der Waals surface area contributed by atoms with Crippen molar-refractivity contribution in [3.8, 4) is 0 Å². The lowest BCUT2D eigenvalue weighted by Crippen LogP contribution is -2.27. The molecule has 0 fully saturated rings. The van der Waals surface area contributed by atoms with Crippen molar-refractivity contribution in [1.82, 2.24) is 0 Å². The molecule has 94 valence electrons. The van der Waals surface area contributed by atoms with Crippen molar-refractivity contribution in [2.75, 3.05) is 0 Å². The number of Topliss-reactive ketones (excluding diaryl/α,β-unsaturated/α-hetero) is 1. The van der Waals surface area contributed by atoms with Crippen molar-refractivity contribution < 1.29 is 13.2 Å². The van der Waals surface area contributed by atoms with E-state index >= 15 is 0 Å². The highest BCUT2D eigenvalue weighted by molar-refractivity contribution is 7.92. The Hall–Kier alpha value is -1.16. The number of benzene rings is 1. The van der Waals surface area contributed by atoms with Gasteiger partial charge in [-0.1, -0.05) is 31.5 Å². The molecule has 1 aromatic carbocycles. The molecule has 0 saturated carbocycles. The number of carbonyl (C=O) groups is 1. The van der Waals surface area contributed by atoms with Gasteiger partial charge in [0.05, 0.1) is 4.90 Å². The van der Waals surface area contributed by atoms with Crippen LogP contribution in [0.5, 0.6) is 0 Å². The number of sulfone groups is 1. The van der Waals surface area contributed by atoms with Gasteiger partial charge in [-0.05, 0) is 25.5 Å². The van der Waals surface area contributed by atoms with E-state index in [-0.39, 0.29) is 10.7 Å². The predicted octanol–water partition coefficient (Wildman–Crippen LogP) is 2.61. The zero-order valence-electron chi connectivity index (χ0n) is 10.2. The quantitative estimate of drug-likeness (QED) is 0.784. The van der Waals surface area contributed by atoms with Gasteiger partial charge in [-0.15, -0.1) is 0 Å². The molecular weight excluding hydrogens is 236 g/mol. The Labute approximate surface area is 103 Å². The van der Waals surface area contributed by atoms with Crippen molar-refractivity contribution in [1.29, 1.82) is 0 Å². The molecule has 0 aromatic heterocycles. The molecule has 0 amide bonds. The maximum atomic E-state index is 12.1. The van der Waals surface area contributed by atoms with Crippen LogP contribution in [0.2, 0.25) is 0 Å². The molecule has 1 atom stereocenters. The van der Waals surface area contributed by atoms with E-state index in [1.54, 1.807) is 18.2 Å². The van der Waals surface area contributed by atoms with E-state index in [1.165, 1.54) is 19.1 Å². The highest BCUT2D eigenvalue weighted by atomic mass is 32.2. The van der Waals surface area contributed by atoms with Gasteiger partial charge in [0.2, 0.25) is 0 Å². The van der Waals surface area contributed by atoms with Crippen LogP contribution in [0.3, 0.4) is 0 Å². The van der Waals surface area contributed by atoms with Crippen molar-refractivity contribution in [2.45, 2.75) is 43.3 Å². The summed E-state index contributed by atoms with van der Waals surface area (Å²) in [4.78, 5) is 12.0. The molecule has 0 saturated heterocycles. The monoisotopic (exact) mass is 254 g/mol. The Balaban J connectivity index is 2.88. The zero-order valence-corrected chi connectivity index (χ0v) is 11.0. The van der Waals surface area contributed by atoms with Crippen molar-refractivity contribution in [2.24, 2.45) is 0 Å². The van der Waals surface area contributed by atoms with Crippen LogP contribution in [-0.4, -0.2) is 19.5 Å². The van der Waals surface area contributed by atoms with Gasteiger partial charge in [-0.2, -0.15) is 0 Å². The first kappa shape index (κ1) is 13.9. The van der Waals surface area contributed by atoms with Crippen LogP contribution >= 0.6 is 0 Å². The second-order valence-corrected chi connectivity index (χ2v) is 6.34. The van der Waals surface area contributed by atoms with E-state index in [1.807, 2.05) is 6.92 Å². The molecule has 0 spiro atoms. The van der Waals surface area contributed by atoms with Gasteiger partial charge in [-0.25, -0.2) is 8.42 Å². The highest BCUT2D eigenvalue weighted by Crippen LogP contribution is 2.17. The van der Waals surface area contributed by atoms with Gasteiger partial charge in [0.15, 0.2) is 15.6 Å². The molecule has 17 heavy (non-hydrogen) atoms. The summed E-state index contributed by atoms with van der Waals surface area (Å²) in [5, 5.41) is -0.948. The molecule has 1 aromatic rings. The fourth-order valence-electron chi connectivity index (χ4n) is 1.54. The van der Waals surface area contributed by atoms with Crippen LogP contribution in [0, 0.1) is 0 Å². The van der Waals surface area contributed by atoms with E-state index < -0.39 is 15.1 Å². The summed E-state index contributed by atoms with van der Waals surface area (Å²) in [7, 11) is -3.52. The lowest BCUT2D eigenvalue weighted by atomic mass is 10.1. The predicted molar refractivity (Wildman–Crippen MR) is 67.6 cm³/mol. The number of ketones is 1. The zero-order chi connectivity index (χ0) is 12.9. The number of hydrogen-bond acceptors (Lipinski definition) is 3. The molecule has 0 aliphatic rings. The van der Waals surface area contributed by atoms with E-state index in [2.05, 4.69) is 0 Å². The normalized spacial score (nSPS) is 13.3. The van der Waals surface area contributed by atoms with Crippen LogP contribution in [0.15, 0.2) is 35.2 Å². The van der Waals surface area contributed by atoms with Gasteiger partial charge in [0.25, 0.3) is 0 Å². The van der Waals surface area contributed by atoms with Gasteiger partial charge in [0, 0.05) is 6.42 Å². The van der Waals surface area contributed by atoms with Crippen molar-refractivity contribution in [3.05, 3.63) is 30.3 Å². The first-order chi connectivity index (χ1) is 8.00. The molecular formula is C13H18O3S. The smallest absolute Gasteiger partial charge is 0.188 e. The molecule has 0 aliphatic heterocycles. The number of carbonyl (C=O) groups excluding carboxylic acids is 1. The topological polar surface area (TPSA) is 51.2 Å². The van der Waals surface area contributed by atoms with Gasteiger partial charge >= 0.3 is 0 Å². The summed E-state index contributed by atoms with van der Waals surface area (Å²) in [6, 6.07) is 8.13. The molecule has 0 radical (unpaired) electrons. The average Bonchev–Trinajstić information content (AvgIpc) is 2.36. The van der Waals surface area contributed by atoms with Crippen LogP contribution in [-0.2, 0) is 14.6 Å². The van der Waals surface area contributed by atoms with Gasteiger partial charge < -0.3 is 0 Å².